The highest BCUT2D eigenvalue weighted by Gasteiger charge is 2.17. The van der Waals surface area contributed by atoms with Gasteiger partial charge in [0.15, 0.2) is 0 Å². The largest absolute Gasteiger partial charge is 0.310 e. The van der Waals surface area contributed by atoms with Crippen molar-refractivity contribution in [1.82, 2.24) is 0 Å². The molecule has 0 N–H and O–H groups in total. The third-order valence-corrected chi connectivity index (χ3v) is 2.89. The number of carbonyl (C=O) groups excluding carboxylic acids is 1. The van der Waals surface area contributed by atoms with E-state index < -0.39 is 0 Å². The van der Waals surface area contributed by atoms with E-state index in [4.69, 9.17) is 0 Å². The fraction of sp³-hybridized carbons (Fsp3) is 0.533. The monoisotopic (exact) mass is 251 g/mol. The molecule has 18 heavy (non-hydrogen) atoms. The fourth-order valence-electron chi connectivity index (χ4n) is 1.87. The third-order valence-electron chi connectivity index (χ3n) is 2.89. The number of amides is 1. The lowest BCUT2D eigenvalue weighted by atomic mass is 10.1. The van der Waals surface area contributed by atoms with Gasteiger partial charge in [0.05, 0.1) is 5.69 Å². The molecule has 0 spiro atoms. The van der Waals surface area contributed by atoms with E-state index in [1.165, 1.54) is 6.07 Å². The first-order valence-corrected chi connectivity index (χ1v) is 6.66. The average molecular weight is 251 g/mol. The van der Waals surface area contributed by atoms with Crippen molar-refractivity contribution < 1.29 is 9.18 Å². The van der Waals surface area contributed by atoms with E-state index in [1.54, 1.807) is 17.0 Å². The van der Waals surface area contributed by atoms with Crippen molar-refractivity contribution in [2.75, 3.05) is 11.4 Å². The highest BCUT2D eigenvalue weighted by Crippen LogP contribution is 2.22. The fourth-order valence-corrected chi connectivity index (χ4v) is 1.87. The second-order valence-corrected chi connectivity index (χ2v) is 4.60. The summed E-state index contributed by atoms with van der Waals surface area (Å²) in [6, 6.07) is 4.91. The Balaban J connectivity index is 3.00. The van der Waals surface area contributed by atoms with Crippen molar-refractivity contribution in [2.24, 2.45) is 0 Å². The van der Waals surface area contributed by atoms with Crippen LogP contribution in [-0.2, 0) is 4.79 Å². The number of unbranched alkanes of at least 4 members (excludes halogenated alkanes) is 1. The minimum absolute atomic E-state index is 0.00968. The lowest BCUT2D eigenvalue weighted by molar-refractivity contribution is -0.118. The maximum atomic E-state index is 13.9. The van der Waals surface area contributed by atoms with Crippen LogP contribution in [0.3, 0.4) is 0 Å². The van der Waals surface area contributed by atoms with Crippen LogP contribution in [0.1, 0.15) is 45.1 Å². The Morgan fingerprint density at radius 2 is 2.00 bits per heavy atom. The van der Waals surface area contributed by atoms with E-state index in [0.29, 0.717) is 18.7 Å². The maximum Gasteiger partial charge on any atom is 0.227 e. The van der Waals surface area contributed by atoms with Gasteiger partial charge in [0.1, 0.15) is 5.82 Å². The number of hydrogen-bond acceptors (Lipinski definition) is 1. The number of benzene rings is 1. The molecule has 1 aromatic rings. The van der Waals surface area contributed by atoms with Crippen LogP contribution in [0.4, 0.5) is 10.1 Å². The Hall–Kier alpha value is -1.38. The SMILES string of the molecule is CCCCN(C(=O)CCC)c1cc(C)ccc1F. The van der Waals surface area contributed by atoms with Gasteiger partial charge in [0.25, 0.3) is 0 Å². The second kappa shape index (κ2) is 7.14. The van der Waals surface area contributed by atoms with Gasteiger partial charge in [-0.25, -0.2) is 4.39 Å². The van der Waals surface area contributed by atoms with Gasteiger partial charge in [-0.15, -0.1) is 0 Å². The van der Waals surface area contributed by atoms with Crippen LogP contribution in [0.25, 0.3) is 0 Å². The smallest absolute Gasteiger partial charge is 0.227 e. The van der Waals surface area contributed by atoms with Crippen molar-refractivity contribution in [2.45, 2.75) is 46.5 Å². The predicted molar refractivity (Wildman–Crippen MR) is 73.3 cm³/mol. The minimum Gasteiger partial charge on any atom is -0.310 e. The van der Waals surface area contributed by atoms with E-state index >= 15 is 0 Å². The number of carbonyl (C=O) groups is 1. The number of aryl methyl sites for hydroxylation is 1. The number of anilines is 1. The van der Waals surface area contributed by atoms with Crippen molar-refractivity contribution in [3.8, 4) is 0 Å². The summed E-state index contributed by atoms with van der Waals surface area (Å²) >= 11 is 0. The molecule has 0 bridgehead atoms. The summed E-state index contributed by atoms with van der Waals surface area (Å²) in [6.07, 6.45) is 3.14. The molecule has 0 fully saturated rings. The summed E-state index contributed by atoms with van der Waals surface area (Å²) in [6.45, 7) is 6.53. The molecule has 0 aliphatic rings. The summed E-state index contributed by atoms with van der Waals surface area (Å²) in [5.74, 6) is -0.309. The van der Waals surface area contributed by atoms with E-state index in [2.05, 4.69) is 6.92 Å². The standard InChI is InChI=1S/C15H22FNO/c1-4-6-10-17(15(18)7-5-2)14-11-12(3)8-9-13(14)16/h8-9,11H,4-7,10H2,1-3H3. The number of hydrogen-bond donors (Lipinski definition) is 0. The molecule has 100 valence electrons. The van der Waals surface area contributed by atoms with Crippen LogP contribution >= 0.6 is 0 Å². The van der Waals surface area contributed by atoms with E-state index in [-0.39, 0.29) is 11.7 Å². The molecular weight excluding hydrogens is 229 g/mol. The molecule has 0 saturated heterocycles. The molecule has 2 nitrogen and oxygen atoms in total. The molecule has 1 aromatic carbocycles. The van der Waals surface area contributed by atoms with E-state index in [9.17, 15) is 9.18 Å². The molecule has 0 aliphatic carbocycles. The van der Waals surface area contributed by atoms with E-state index in [0.717, 1.165) is 24.8 Å². The average Bonchev–Trinajstić information content (AvgIpc) is 2.34. The summed E-state index contributed by atoms with van der Waals surface area (Å²) in [7, 11) is 0. The highest BCUT2D eigenvalue weighted by atomic mass is 19.1. The van der Waals surface area contributed by atoms with Gasteiger partial charge < -0.3 is 4.90 Å². The topological polar surface area (TPSA) is 20.3 Å². The van der Waals surface area contributed by atoms with Crippen molar-refractivity contribution >= 4 is 11.6 Å². The van der Waals surface area contributed by atoms with Gasteiger partial charge in [-0.2, -0.15) is 0 Å². The predicted octanol–water partition coefficient (Wildman–Crippen LogP) is 4.07. The normalized spacial score (nSPS) is 10.4. The van der Waals surface area contributed by atoms with Crippen molar-refractivity contribution in [1.29, 1.82) is 0 Å². The molecular formula is C15H22FNO. The van der Waals surface area contributed by atoms with Crippen molar-refractivity contribution in [3.05, 3.63) is 29.6 Å². The minimum atomic E-state index is -0.318. The number of nitrogens with zero attached hydrogens (tertiary/aromatic N) is 1. The summed E-state index contributed by atoms with van der Waals surface area (Å²) < 4.78 is 13.9. The van der Waals surface area contributed by atoms with Gasteiger partial charge in [-0.1, -0.05) is 26.3 Å². The first-order chi connectivity index (χ1) is 8.60. The molecule has 1 rings (SSSR count). The maximum absolute atomic E-state index is 13.9. The first kappa shape index (κ1) is 14.7. The third kappa shape index (κ3) is 3.83. The highest BCUT2D eigenvalue weighted by molar-refractivity contribution is 5.93. The summed E-state index contributed by atoms with van der Waals surface area (Å²) in [5, 5.41) is 0. The molecule has 0 aliphatic heterocycles. The van der Waals surface area contributed by atoms with Gasteiger partial charge in [-0.05, 0) is 37.5 Å². The van der Waals surface area contributed by atoms with Crippen LogP contribution < -0.4 is 4.90 Å². The van der Waals surface area contributed by atoms with Crippen LogP contribution in [0.2, 0.25) is 0 Å². The molecule has 0 unspecified atom stereocenters. The van der Waals surface area contributed by atoms with Gasteiger partial charge in [0.2, 0.25) is 5.91 Å². The first-order valence-electron chi connectivity index (χ1n) is 6.66. The zero-order chi connectivity index (χ0) is 13.5. The molecule has 1 amide bonds. The quantitative estimate of drug-likeness (QED) is 0.746. The van der Waals surface area contributed by atoms with Gasteiger partial charge in [-0.3, -0.25) is 4.79 Å². The number of rotatable bonds is 6. The zero-order valence-electron chi connectivity index (χ0n) is 11.5. The van der Waals surface area contributed by atoms with Crippen molar-refractivity contribution in [3.63, 3.8) is 0 Å². The Labute approximate surface area is 109 Å². The van der Waals surface area contributed by atoms with Gasteiger partial charge in [0, 0.05) is 13.0 Å². The Morgan fingerprint density at radius 3 is 2.61 bits per heavy atom. The summed E-state index contributed by atoms with van der Waals surface area (Å²) in [5.41, 5.74) is 1.39. The zero-order valence-corrected chi connectivity index (χ0v) is 11.5. The van der Waals surface area contributed by atoms with Crippen LogP contribution in [0.15, 0.2) is 18.2 Å². The van der Waals surface area contributed by atoms with Crippen LogP contribution in [0.5, 0.6) is 0 Å². The lowest BCUT2D eigenvalue weighted by Crippen LogP contribution is -2.32. The Kier molecular flexibility index (Phi) is 5.83. The van der Waals surface area contributed by atoms with Gasteiger partial charge >= 0.3 is 0 Å². The molecule has 0 atom stereocenters. The molecule has 0 saturated carbocycles. The van der Waals surface area contributed by atoms with E-state index in [1.807, 2.05) is 13.8 Å². The Bertz CT molecular complexity index is 403. The molecule has 0 aromatic heterocycles. The molecule has 3 heteroatoms. The van der Waals surface area contributed by atoms with Crippen LogP contribution in [0, 0.1) is 12.7 Å². The lowest BCUT2D eigenvalue weighted by Gasteiger charge is -2.23. The molecule has 0 radical (unpaired) electrons. The van der Waals surface area contributed by atoms with Crippen LogP contribution in [-0.4, -0.2) is 12.5 Å². The molecule has 0 heterocycles. The second-order valence-electron chi connectivity index (χ2n) is 4.60. The summed E-state index contributed by atoms with van der Waals surface area (Å²) in [4.78, 5) is 13.7. The number of halogens is 1. The Morgan fingerprint density at radius 1 is 1.28 bits per heavy atom.